The third-order valence-corrected chi connectivity index (χ3v) is 3.80. The van der Waals surface area contributed by atoms with Crippen molar-refractivity contribution < 1.29 is 9.18 Å². The second-order valence-corrected chi connectivity index (χ2v) is 6.11. The van der Waals surface area contributed by atoms with Gasteiger partial charge in [-0.1, -0.05) is 48.0 Å². The fourth-order valence-corrected chi connectivity index (χ4v) is 2.56. The molecule has 0 bridgehead atoms. The number of amides is 1. The van der Waals surface area contributed by atoms with Crippen LogP contribution in [0, 0.1) is 5.82 Å². The molecule has 2 aromatic carbocycles. The Morgan fingerprint density at radius 2 is 1.92 bits per heavy atom. The molecule has 2 aromatic rings. The Hall–Kier alpha value is -2.17. The van der Waals surface area contributed by atoms with Gasteiger partial charge in [0.2, 0.25) is 5.91 Å². The topological polar surface area (TPSA) is 32.3 Å². The molecule has 0 aromatic heterocycles. The van der Waals surface area contributed by atoms with Gasteiger partial charge < -0.3 is 10.2 Å². The van der Waals surface area contributed by atoms with Crippen LogP contribution in [0.2, 0.25) is 5.02 Å². The molecule has 1 amide bonds. The van der Waals surface area contributed by atoms with Gasteiger partial charge in [0.1, 0.15) is 5.82 Å². The fraction of sp³-hybridized carbons (Fsp3) is 0.211. The van der Waals surface area contributed by atoms with Crippen LogP contribution in [0.15, 0.2) is 54.6 Å². The van der Waals surface area contributed by atoms with Gasteiger partial charge in [-0.3, -0.25) is 4.79 Å². The average Bonchev–Trinajstić information content (AvgIpc) is 2.54. The SMILES string of the molecule is CN(C)C[C@@H](NC(=O)/C=C/c1c(F)cccc1Cl)c1ccccc1. The summed E-state index contributed by atoms with van der Waals surface area (Å²) in [5.41, 5.74) is 1.22. The minimum Gasteiger partial charge on any atom is -0.344 e. The van der Waals surface area contributed by atoms with Crippen molar-refractivity contribution in [3.05, 3.63) is 76.6 Å². The van der Waals surface area contributed by atoms with E-state index in [1.54, 1.807) is 6.07 Å². The third-order valence-electron chi connectivity index (χ3n) is 3.47. The van der Waals surface area contributed by atoms with Gasteiger partial charge in [0.05, 0.1) is 11.1 Å². The summed E-state index contributed by atoms with van der Waals surface area (Å²) in [6, 6.07) is 14.0. The number of hydrogen-bond donors (Lipinski definition) is 1. The first-order chi connectivity index (χ1) is 11.5. The normalized spacial score (nSPS) is 12.5. The maximum Gasteiger partial charge on any atom is 0.244 e. The maximum atomic E-state index is 13.7. The molecule has 0 unspecified atom stereocenters. The van der Waals surface area contributed by atoms with Gasteiger partial charge in [-0.2, -0.15) is 0 Å². The Balaban J connectivity index is 2.12. The quantitative estimate of drug-likeness (QED) is 0.804. The van der Waals surface area contributed by atoms with Gasteiger partial charge in [-0.25, -0.2) is 4.39 Å². The van der Waals surface area contributed by atoms with Crippen LogP contribution in [-0.2, 0) is 4.79 Å². The van der Waals surface area contributed by atoms with Crippen LogP contribution in [0.5, 0.6) is 0 Å². The average molecular weight is 347 g/mol. The lowest BCUT2D eigenvalue weighted by molar-refractivity contribution is -0.117. The smallest absolute Gasteiger partial charge is 0.244 e. The predicted molar refractivity (Wildman–Crippen MR) is 96.3 cm³/mol. The molecule has 126 valence electrons. The van der Waals surface area contributed by atoms with Crippen LogP contribution < -0.4 is 5.32 Å². The Labute approximate surface area is 146 Å². The first-order valence-electron chi connectivity index (χ1n) is 7.59. The number of likely N-dealkylation sites (N-methyl/N-ethyl adjacent to an activating group) is 1. The number of hydrogen-bond acceptors (Lipinski definition) is 2. The number of carbonyl (C=O) groups excluding carboxylic acids is 1. The number of benzene rings is 2. The molecule has 0 saturated heterocycles. The van der Waals surface area contributed by atoms with E-state index in [2.05, 4.69) is 5.32 Å². The lowest BCUT2D eigenvalue weighted by Crippen LogP contribution is -2.34. The highest BCUT2D eigenvalue weighted by atomic mass is 35.5. The van der Waals surface area contributed by atoms with E-state index < -0.39 is 5.82 Å². The summed E-state index contributed by atoms with van der Waals surface area (Å²) in [4.78, 5) is 14.2. The summed E-state index contributed by atoms with van der Waals surface area (Å²) in [6.07, 6.45) is 2.70. The third kappa shape index (κ3) is 5.18. The van der Waals surface area contributed by atoms with Crippen molar-refractivity contribution in [3.63, 3.8) is 0 Å². The monoisotopic (exact) mass is 346 g/mol. The molecule has 0 saturated carbocycles. The van der Waals surface area contributed by atoms with E-state index in [4.69, 9.17) is 11.6 Å². The van der Waals surface area contributed by atoms with Crippen LogP contribution in [-0.4, -0.2) is 31.4 Å². The summed E-state index contributed by atoms with van der Waals surface area (Å²) in [5, 5.41) is 3.21. The lowest BCUT2D eigenvalue weighted by Gasteiger charge is -2.22. The summed E-state index contributed by atoms with van der Waals surface area (Å²) < 4.78 is 13.7. The zero-order valence-corrected chi connectivity index (χ0v) is 14.4. The van der Waals surface area contributed by atoms with E-state index in [1.807, 2.05) is 49.3 Å². The number of rotatable bonds is 6. The van der Waals surface area contributed by atoms with Crippen molar-refractivity contribution in [2.45, 2.75) is 6.04 Å². The van der Waals surface area contributed by atoms with Crippen LogP contribution in [0.4, 0.5) is 4.39 Å². The van der Waals surface area contributed by atoms with Crippen LogP contribution in [0.25, 0.3) is 6.08 Å². The molecule has 0 aliphatic carbocycles. The summed E-state index contributed by atoms with van der Waals surface area (Å²) in [5.74, 6) is -0.760. The summed E-state index contributed by atoms with van der Waals surface area (Å²) >= 11 is 5.95. The molecule has 0 spiro atoms. The fourth-order valence-electron chi connectivity index (χ4n) is 2.33. The number of halogens is 2. The van der Waals surface area contributed by atoms with Gasteiger partial charge in [0.25, 0.3) is 0 Å². The molecule has 0 aliphatic rings. The second-order valence-electron chi connectivity index (χ2n) is 5.70. The molecule has 0 aliphatic heterocycles. The maximum absolute atomic E-state index is 13.7. The van der Waals surface area contributed by atoms with Crippen molar-refractivity contribution in [1.82, 2.24) is 10.2 Å². The zero-order valence-electron chi connectivity index (χ0n) is 13.7. The predicted octanol–water partition coefficient (Wildman–Crippen LogP) is 3.91. The molecule has 1 N–H and O–H groups in total. The molecular formula is C19H20ClFN2O. The minimum atomic E-state index is -0.459. The van der Waals surface area contributed by atoms with Crippen LogP contribution in [0.1, 0.15) is 17.2 Å². The molecule has 0 radical (unpaired) electrons. The molecule has 5 heteroatoms. The molecule has 0 heterocycles. The van der Waals surface area contributed by atoms with E-state index in [0.29, 0.717) is 6.54 Å². The van der Waals surface area contributed by atoms with Gasteiger partial charge in [0.15, 0.2) is 0 Å². The van der Waals surface area contributed by atoms with Crippen LogP contribution in [0.3, 0.4) is 0 Å². The van der Waals surface area contributed by atoms with Gasteiger partial charge in [0, 0.05) is 18.2 Å². The molecule has 1 atom stereocenters. The highest BCUT2D eigenvalue weighted by Gasteiger charge is 2.14. The molecule has 0 fully saturated rings. The van der Waals surface area contributed by atoms with E-state index in [0.717, 1.165) is 5.56 Å². The Morgan fingerprint density at radius 1 is 1.21 bits per heavy atom. The van der Waals surface area contributed by atoms with E-state index in [1.165, 1.54) is 24.3 Å². The summed E-state index contributed by atoms with van der Waals surface area (Å²) in [7, 11) is 3.88. The zero-order chi connectivity index (χ0) is 17.5. The first-order valence-corrected chi connectivity index (χ1v) is 7.97. The Morgan fingerprint density at radius 3 is 2.54 bits per heavy atom. The van der Waals surface area contributed by atoms with Gasteiger partial charge in [-0.15, -0.1) is 0 Å². The largest absolute Gasteiger partial charge is 0.344 e. The highest BCUT2D eigenvalue weighted by Crippen LogP contribution is 2.20. The van der Waals surface area contributed by atoms with Gasteiger partial charge in [-0.05, 0) is 37.9 Å². The standard InChI is InChI=1S/C19H20ClFN2O/c1-23(2)13-18(14-7-4-3-5-8-14)22-19(24)12-11-15-16(20)9-6-10-17(15)21/h3-12,18H,13H2,1-2H3,(H,22,24)/b12-11+/t18-/m1/s1. The molecule has 3 nitrogen and oxygen atoms in total. The van der Waals surface area contributed by atoms with Gasteiger partial charge >= 0.3 is 0 Å². The van der Waals surface area contributed by atoms with Crippen molar-refractivity contribution in [3.8, 4) is 0 Å². The number of nitrogens with one attached hydrogen (secondary N) is 1. The highest BCUT2D eigenvalue weighted by molar-refractivity contribution is 6.32. The lowest BCUT2D eigenvalue weighted by atomic mass is 10.1. The number of carbonyl (C=O) groups is 1. The van der Waals surface area contributed by atoms with Crippen molar-refractivity contribution >= 4 is 23.6 Å². The molecular weight excluding hydrogens is 327 g/mol. The Bertz CT molecular complexity index is 696. The number of nitrogens with zero attached hydrogens (tertiary/aromatic N) is 1. The first kappa shape index (κ1) is 18.2. The van der Waals surface area contributed by atoms with Crippen LogP contribution >= 0.6 is 11.6 Å². The summed E-state index contributed by atoms with van der Waals surface area (Å²) in [6.45, 7) is 0.657. The molecule has 24 heavy (non-hydrogen) atoms. The minimum absolute atomic E-state index is 0.158. The van der Waals surface area contributed by atoms with E-state index in [9.17, 15) is 9.18 Å². The van der Waals surface area contributed by atoms with Crippen molar-refractivity contribution in [2.24, 2.45) is 0 Å². The molecule has 2 rings (SSSR count). The van der Waals surface area contributed by atoms with Crippen molar-refractivity contribution in [1.29, 1.82) is 0 Å². The van der Waals surface area contributed by atoms with Crippen molar-refractivity contribution in [2.75, 3.05) is 20.6 Å². The second kappa shape index (κ2) is 8.62. The van der Waals surface area contributed by atoms with E-state index >= 15 is 0 Å². The Kier molecular flexibility index (Phi) is 6.53. The van der Waals surface area contributed by atoms with E-state index in [-0.39, 0.29) is 22.5 Å².